The normalized spacial score (nSPS) is 20.2. The second-order valence-electron chi connectivity index (χ2n) is 9.03. The summed E-state index contributed by atoms with van der Waals surface area (Å²) >= 11 is 0. The minimum atomic E-state index is -1.17. The summed E-state index contributed by atoms with van der Waals surface area (Å²) in [6.07, 6.45) is 0.223. The summed E-state index contributed by atoms with van der Waals surface area (Å²) in [5, 5.41) is 4.31. The number of hydrogen-bond donors (Lipinski definition) is 2. The second-order valence-corrected chi connectivity index (χ2v) is 14.6. The highest BCUT2D eigenvalue weighted by Crippen LogP contribution is 2.14. The molecule has 29 heavy (non-hydrogen) atoms. The van der Waals surface area contributed by atoms with Crippen LogP contribution in [0.15, 0.2) is 30.3 Å². The molecule has 0 bridgehead atoms. The highest BCUT2D eigenvalue weighted by Gasteiger charge is 2.33. The molecule has 2 atom stereocenters. The Kier molecular flexibility index (Phi) is 8.67. The van der Waals surface area contributed by atoms with E-state index in [1.54, 1.807) is 0 Å². The number of carbonyl (C=O) groups excluding carboxylic acids is 2. The third-order valence-electron chi connectivity index (χ3n) is 4.78. The molecule has 2 rings (SSSR count). The molecular formula is C21H35N3O4Si. The summed E-state index contributed by atoms with van der Waals surface area (Å²) in [5.41, 5.74) is 3.74. The maximum Gasteiger partial charge on any atom is 0.333 e. The molecule has 1 aromatic carbocycles. The monoisotopic (exact) mass is 421 g/mol. The summed E-state index contributed by atoms with van der Waals surface area (Å²) in [7, 11) is -1.17. The molecule has 0 aliphatic carbocycles. The van der Waals surface area contributed by atoms with Gasteiger partial charge in [-0.15, -0.1) is 0 Å². The van der Waals surface area contributed by atoms with Crippen molar-refractivity contribution < 1.29 is 19.1 Å². The van der Waals surface area contributed by atoms with Gasteiger partial charge in [0.2, 0.25) is 5.91 Å². The van der Waals surface area contributed by atoms with Crippen LogP contribution in [0.2, 0.25) is 25.7 Å². The quantitative estimate of drug-likeness (QED) is 0.365. The van der Waals surface area contributed by atoms with Crippen LogP contribution in [0.25, 0.3) is 0 Å². The minimum Gasteiger partial charge on any atom is -0.356 e. The molecule has 0 radical (unpaired) electrons. The zero-order valence-electron chi connectivity index (χ0n) is 18.2. The smallest absolute Gasteiger partial charge is 0.333 e. The topological polar surface area (TPSA) is 79.9 Å². The van der Waals surface area contributed by atoms with Crippen molar-refractivity contribution in [2.24, 2.45) is 5.92 Å². The van der Waals surface area contributed by atoms with E-state index in [0.717, 1.165) is 11.6 Å². The SMILES string of the molecule is CC(C)C(=O)N1C[C@@H](OCOCC[Si](C)(C)C)[C@@H](Cc2ccccc2)NC(=O)N1. The molecular weight excluding hydrogens is 386 g/mol. The largest absolute Gasteiger partial charge is 0.356 e. The van der Waals surface area contributed by atoms with Crippen LogP contribution in [0.1, 0.15) is 19.4 Å². The van der Waals surface area contributed by atoms with Crippen molar-refractivity contribution in [2.45, 2.75) is 58.1 Å². The number of urea groups is 1. The molecule has 162 valence electrons. The van der Waals surface area contributed by atoms with Crippen molar-refractivity contribution in [1.29, 1.82) is 0 Å². The van der Waals surface area contributed by atoms with E-state index >= 15 is 0 Å². The average molecular weight is 422 g/mol. The standard InChI is InChI=1S/C21H35N3O4Si/c1-16(2)20(25)24-14-19(28-15-27-11-12-29(3,4)5)18(22-21(26)23-24)13-17-9-7-6-8-10-17/h6-10,16,18-19H,11-15H2,1-5H3,(H2,22,23,26)/t18-,19-/m1/s1. The lowest BCUT2D eigenvalue weighted by molar-refractivity contribution is -0.142. The Morgan fingerprint density at radius 3 is 2.55 bits per heavy atom. The number of benzene rings is 1. The lowest BCUT2D eigenvalue weighted by Crippen LogP contribution is -2.49. The average Bonchev–Trinajstić information content (AvgIpc) is 2.79. The van der Waals surface area contributed by atoms with Gasteiger partial charge in [-0.25, -0.2) is 15.2 Å². The molecule has 1 heterocycles. The first-order chi connectivity index (χ1) is 13.7. The van der Waals surface area contributed by atoms with E-state index in [0.29, 0.717) is 13.0 Å². The van der Waals surface area contributed by atoms with E-state index in [1.807, 2.05) is 44.2 Å². The lowest BCUT2D eigenvalue weighted by atomic mass is 10.0. The van der Waals surface area contributed by atoms with Crippen LogP contribution < -0.4 is 10.7 Å². The van der Waals surface area contributed by atoms with Crippen molar-refractivity contribution in [3.8, 4) is 0 Å². The fourth-order valence-electron chi connectivity index (χ4n) is 3.02. The molecule has 0 spiro atoms. The van der Waals surface area contributed by atoms with Gasteiger partial charge in [0.15, 0.2) is 0 Å². The Bertz CT molecular complexity index is 664. The van der Waals surface area contributed by atoms with Gasteiger partial charge >= 0.3 is 6.03 Å². The zero-order chi connectivity index (χ0) is 21.4. The fourth-order valence-corrected chi connectivity index (χ4v) is 3.77. The van der Waals surface area contributed by atoms with E-state index in [4.69, 9.17) is 9.47 Å². The molecule has 1 aliphatic rings. The molecule has 1 fully saturated rings. The highest BCUT2D eigenvalue weighted by molar-refractivity contribution is 6.76. The summed E-state index contributed by atoms with van der Waals surface area (Å²) in [6, 6.07) is 10.3. The molecule has 1 saturated heterocycles. The lowest BCUT2D eigenvalue weighted by Gasteiger charge is -2.28. The van der Waals surface area contributed by atoms with E-state index in [1.165, 1.54) is 5.01 Å². The zero-order valence-corrected chi connectivity index (χ0v) is 19.2. The summed E-state index contributed by atoms with van der Waals surface area (Å²) in [5.74, 6) is -0.372. The highest BCUT2D eigenvalue weighted by atomic mass is 28.3. The van der Waals surface area contributed by atoms with E-state index < -0.39 is 14.1 Å². The predicted molar refractivity (Wildman–Crippen MR) is 116 cm³/mol. The van der Waals surface area contributed by atoms with Crippen LogP contribution in [0.3, 0.4) is 0 Å². The maximum atomic E-state index is 12.5. The third kappa shape index (κ3) is 8.16. The number of carbonyl (C=O) groups is 2. The first kappa shape index (κ1) is 23.4. The van der Waals surface area contributed by atoms with Gasteiger partial charge in [-0.2, -0.15) is 0 Å². The predicted octanol–water partition coefficient (Wildman–Crippen LogP) is 3.01. The van der Waals surface area contributed by atoms with Gasteiger partial charge in [-0.1, -0.05) is 63.8 Å². The van der Waals surface area contributed by atoms with Gasteiger partial charge in [0.25, 0.3) is 0 Å². The Hall–Kier alpha value is -1.90. The molecule has 0 saturated carbocycles. The van der Waals surface area contributed by atoms with Gasteiger partial charge in [0.1, 0.15) is 12.9 Å². The molecule has 8 heteroatoms. The van der Waals surface area contributed by atoms with Crippen molar-refractivity contribution >= 4 is 20.0 Å². The van der Waals surface area contributed by atoms with Gasteiger partial charge in [-0.3, -0.25) is 4.79 Å². The molecule has 3 amide bonds. The van der Waals surface area contributed by atoms with E-state index in [9.17, 15) is 9.59 Å². The second kappa shape index (κ2) is 10.8. The van der Waals surface area contributed by atoms with Gasteiger partial charge in [-0.05, 0) is 18.0 Å². The molecule has 7 nitrogen and oxygen atoms in total. The fraction of sp³-hybridized carbons (Fsp3) is 0.619. The molecule has 2 N–H and O–H groups in total. The number of hydrazine groups is 1. The molecule has 0 unspecified atom stereocenters. The van der Waals surface area contributed by atoms with E-state index in [-0.39, 0.29) is 37.3 Å². The first-order valence-electron chi connectivity index (χ1n) is 10.3. The third-order valence-corrected chi connectivity index (χ3v) is 6.49. The van der Waals surface area contributed by atoms with Crippen LogP contribution in [0.5, 0.6) is 0 Å². The van der Waals surface area contributed by atoms with Crippen molar-refractivity contribution in [3.05, 3.63) is 35.9 Å². The Morgan fingerprint density at radius 1 is 1.24 bits per heavy atom. The van der Waals surface area contributed by atoms with Crippen molar-refractivity contribution in [3.63, 3.8) is 0 Å². The number of ether oxygens (including phenoxy) is 2. The number of amides is 3. The summed E-state index contributed by atoms with van der Waals surface area (Å²) in [6.45, 7) is 11.6. The van der Waals surface area contributed by atoms with Gasteiger partial charge in [0, 0.05) is 20.6 Å². The number of nitrogens with zero attached hydrogens (tertiary/aromatic N) is 1. The van der Waals surface area contributed by atoms with Crippen LogP contribution in [-0.2, 0) is 20.7 Å². The number of rotatable bonds is 9. The first-order valence-corrected chi connectivity index (χ1v) is 14.0. The minimum absolute atomic E-state index is 0.139. The molecule has 1 aromatic rings. The van der Waals surface area contributed by atoms with Crippen molar-refractivity contribution in [2.75, 3.05) is 19.9 Å². The number of hydrogen-bond acceptors (Lipinski definition) is 4. The van der Waals surface area contributed by atoms with Crippen LogP contribution in [-0.4, -0.2) is 57.1 Å². The molecule has 0 aromatic heterocycles. The van der Waals surface area contributed by atoms with Crippen molar-refractivity contribution in [1.82, 2.24) is 15.8 Å². The maximum absolute atomic E-state index is 12.5. The Morgan fingerprint density at radius 2 is 1.93 bits per heavy atom. The molecule has 1 aliphatic heterocycles. The summed E-state index contributed by atoms with van der Waals surface area (Å²) < 4.78 is 11.7. The van der Waals surface area contributed by atoms with E-state index in [2.05, 4.69) is 30.4 Å². The summed E-state index contributed by atoms with van der Waals surface area (Å²) in [4.78, 5) is 24.8. The van der Waals surface area contributed by atoms with Gasteiger partial charge < -0.3 is 14.8 Å². The van der Waals surface area contributed by atoms with Crippen LogP contribution in [0, 0.1) is 5.92 Å². The Balaban J connectivity index is 2.06. The Labute approximate surface area is 175 Å². The van der Waals surface area contributed by atoms with Gasteiger partial charge in [0.05, 0.1) is 12.6 Å². The van der Waals surface area contributed by atoms with Crippen LogP contribution in [0.4, 0.5) is 4.79 Å². The number of nitrogens with one attached hydrogen (secondary N) is 2. The van der Waals surface area contributed by atoms with Crippen LogP contribution >= 0.6 is 0 Å².